The lowest BCUT2D eigenvalue weighted by Gasteiger charge is -2.18. The van der Waals surface area contributed by atoms with Gasteiger partial charge in [0.25, 0.3) is 11.5 Å². The molecule has 1 aromatic heterocycles. The van der Waals surface area contributed by atoms with Gasteiger partial charge in [-0.2, -0.15) is 5.06 Å². The molecule has 200 valence electrons. The highest BCUT2D eigenvalue weighted by molar-refractivity contribution is 5.95. The Morgan fingerprint density at radius 1 is 1.24 bits per heavy atom. The van der Waals surface area contributed by atoms with Crippen LogP contribution in [0.2, 0.25) is 0 Å². The van der Waals surface area contributed by atoms with E-state index in [1.54, 1.807) is 18.2 Å². The first-order valence-electron chi connectivity index (χ1n) is 11.4. The van der Waals surface area contributed by atoms with Crippen LogP contribution >= 0.6 is 0 Å². The Labute approximate surface area is 215 Å². The van der Waals surface area contributed by atoms with Crippen LogP contribution in [0.15, 0.2) is 58.3 Å². The number of hydroxylamine groups is 2. The number of aromatic amines is 1. The fraction of sp³-hybridized carbons (Fsp3) is 0.320. The maximum Gasteiger partial charge on any atom is 0.363 e. The first kappa shape index (κ1) is 28.1. The molecule has 0 unspecified atom stereocenters. The average molecular weight is 527 g/mol. The van der Waals surface area contributed by atoms with E-state index in [1.165, 1.54) is 18.3 Å². The molecule has 3 rings (SSSR count). The maximum absolute atomic E-state index is 12.5. The molecule has 3 atom stereocenters. The van der Waals surface area contributed by atoms with Gasteiger partial charge in [0.2, 0.25) is 0 Å². The normalized spacial score (nSPS) is 18.4. The van der Waals surface area contributed by atoms with E-state index in [2.05, 4.69) is 21.6 Å². The molecule has 38 heavy (non-hydrogen) atoms. The Morgan fingerprint density at radius 2 is 1.97 bits per heavy atom. The predicted molar refractivity (Wildman–Crippen MR) is 129 cm³/mol. The van der Waals surface area contributed by atoms with Crippen LogP contribution < -0.4 is 11.2 Å². The third kappa shape index (κ3) is 7.26. The van der Waals surface area contributed by atoms with Crippen molar-refractivity contribution in [1.29, 1.82) is 0 Å². The Bertz CT molecular complexity index is 1370. The van der Waals surface area contributed by atoms with Crippen LogP contribution in [-0.4, -0.2) is 75.1 Å². The highest BCUT2D eigenvalue weighted by atomic mass is 16.7. The number of aromatic nitrogens is 2. The van der Waals surface area contributed by atoms with Crippen LogP contribution in [0.25, 0.3) is 0 Å². The Morgan fingerprint density at radius 3 is 2.63 bits per heavy atom. The average Bonchev–Trinajstić information content (AvgIpc) is 3.30. The molecule has 0 radical (unpaired) electrons. The van der Waals surface area contributed by atoms with E-state index in [0.29, 0.717) is 5.06 Å². The van der Waals surface area contributed by atoms with E-state index in [9.17, 15) is 34.2 Å². The highest BCUT2D eigenvalue weighted by Crippen LogP contribution is 2.27. The zero-order valence-electron chi connectivity index (χ0n) is 20.2. The summed E-state index contributed by atoms with van der Waals surface area (Å²) in [5.74, 6) is 2.82. The molecule has 1 aliphatic rings. The van der Waals surface area contributed by atoms with E-state index in [0.717, 1.165) is 23.8 Å². The fourth-order valence-corrected chi connectivity index (χ4v) is 3.37. The van der Waals surface area contributed by atoms with Gasteiger partial charge in [-0.25, -0.2) is 14.4 Å². The number of ether oxygens (including phenoxy) is 2. The number of benzene rings is 1. The summed E-state index contributed by atoms with van der Waals surface area (Å²) < 4.78 is 10.9. The summed E-state index contributed by atoms with van der Waals surface area (Å²) in [5, 5.41) is 19.9. The molecule has 1 fully saturated rings. The molecule has 1 aliphatic heterocycles. The van der Waals surface area contributed by atoms with Crippen molar-refractivity contribution in [3.8, 4) is 11.8 Å². The second-order valence-electron chi connectivity index (χ2n) is 7.92. The molecule has 13 heteroatoms. The third-order valence-electron chi connectivity index (χ3n) is 5.34. The molecule has 1 saturated heterocycles. The number of H-pyrrole nitrogens is 1. The van der Waals surface area contributed by atoms with Gasteiger partial charge >= 0.3 is 17.6 Å². The molecule has 3 N–H and O–H groups in total. The number of rotatable bonds is 7. The quantitative estimate of drug-likeness (QED) is 0.180. The zero-order chi connectivity index (χ0) is 27.7. The Hall–Kier alpha value is -4.51. The highest BCUT2D eigenvalue weighted by Gasteiger charge is 2.35. The SMILES string of the molecule is COC(=O)/C=C/C(=O)N(CCC#Cc1cn([C@H]2C[C@H](O)[C@@H](CO)O2)c(=O)[nH]c1=O)OC(=O)c1ccccc1. The third-order valence-corrected chi connectivity index (χ3v) is 5.34. The zero-order valence-corrected chi connectivity index (χ0v) is 20.2. The topological polar surface area (TPSA) is 177 Å². The number of methoxy groups -OCH3 is 1. The van der Waals surface area contributed by atoms with Crippen molar-refractivity contribution >= 4 is 17.8 Å². The molecule has 0 bridgehead atoms. The number of carbonyl (C=O) groups is 3. The second kappa shape index (κ2) is 13.2. The van der Waals surface area contributed by atoms with Crippen LogP contribution in [0.4, 0.5) is 0 Å². The lowest BCUT2D eigenvalue weighted by Crippen LogP contribution is -2.34. The van der Waals surface area contributed by atoms with E-state index in [4.69, 9.17) is 9.57 Å². The molecule has 0 aliphatic carbocycles. The molecule has 0 saturated carbocycles. The Balaban J connectivity index is 1.75. The maximum atomic E-state index is 12.5. The number of hydrogen-bond donors (Lipinski definition) is 3. The monoisotopic (exact) mass is 527 g/mol. The summed E-state index contributed by atoms with van der Waals surface area (Å²) in [6, 6.07) is 7.91. The molecule has 2 heterocycles. The van der Waals surface area contributed by atoms with Gasteiger partial charge in [0.1, 0.15) is 17.9 Å². The van der Waals surface area contributed by atoms with Crippen molar-refractivity contribution in [2.75, 3.05) is 20.3 Å². The van der Waals surface area contributed by atoms with Crippen LogP contribution in [0, 0.1) is 11.8 Å². The van der Waals surface area contributed by atoms with E-state index < -0.39 is 54.1 Å². The molecule has 0 spiro atoms. The van der Waals surface area contributed by atoms with Crippen LogP contribution in [0.5, 0.6) is 0 Å². The molecule has 1 amide bonds. The van der Waals surface area contributed by atoms with Crippen molar-refractivity contribution in [2.24, 2.45) is 0 Å². The van der Waals surface area contributed by atoms with Crippen molar-refractivity contribution < 1.29 is 38.9 Å². The standard InChI is InChI=1S/C25H25N3O10/c1-36-22(32)11-10-20(31)28(38-24(34)16-7-3-2-4-8-16)12-6-5-9-17-14-27(25(35)26-23(17)33)21-13-18(30)19(15-29)37-21/h2-4,7-8,10-11,14,18-19,21,29-30H,6,12-13,15H2,1H3,(H,26,33,35)/b11-10+/t18-,19+,21+/m0/s1. The minimum atomic E-state index is -0.992. The number of esters is 1. The lowest BCUT2D eigenvalue weighted by atomic mass is 10.2. The van der Waals surface area contributed by atoms with Gasteiger partial charge in [0.15, 0.2) is 0 Å². The first-order chi connectivity index (χ1) is 18.2. The van der Waals surface area contributed by atoms with Gasteiger partial charge in [0, 0.05) is 31.2 Å². The summed E-state index contributed by atoms with van der Waals surface area (Å²) >= 11 is 0. The number of aliphatic hydroxyl groups excluding tert-OH is 2. The van der Waals surface area contributed by atoms with Gasteiger partial charge in [0.05, 0.1) is 31.9 Å². The number of hydrogen-bond acceptors (Lipinski definition) is 10. The smallest absolute Gasteiger partial charge is 0.363 e. The van der Waals surface area contributed by atoms with Crippen molar-refractivity contribution in [3.63, 3.8) is 0 Å². The number of nitrogens with zero attached hydrogens (tertiary/aromatic N) is 2. The van der Waals surface area contributed by atoms with Crippen LogP contribution in [0.1, 0.15) is 35.0 Å². The van der Waals surface area contributed by atoms with Crippen molar-refractivity contribution in [1.82, 2.24) is 14.6 Å². The van der Waals surface area contributed by atoms with Crippen LogP contribution in [-0.2, 0) is 23.9 Å². The van der Waals surface area contributed by atoms with E-state index in [-0.39, 0.29) is 30.5 Å². The summed E-state index contributed by atoms with van der Waals surface area (Å²) in [5.41, 5.74) is -1.46. The summed E-state index contributed by atoms with van der Waals surface area (Å²) in [6.45, 7) is -0.662. The van der Waals surface area contributed by atoms with E-state index >= 15 is 0 Å². The number of carbonyl (C=O) groups excluding carboxylic acids is 3. The van der Waals surface area contributed by atoms with Crippen molar-refractivity contribution in [3.05, 3.63) is 80.6 Å². The molecule has 13 nitrogen and oxygen atoms in total. The number of amides is 1. The summed E-state index contributed by atoms with van der Waals surface area (Å²) in [4.78, 5) is 68.0. The predicted octanol–water partition coefficient (Wildman–Crippen LogP) is -0.751. The molecular formula is C25H25N3O10. The summed E-state index contributed by atoms with van der Waals surface area (Å²) in [6.07, 6.45) is 0.0769. The van der Waals surface area contributed by atoms with Gasteiger partial charge in [-0.3, -0.25) is 19.1 Å². The van der Waals surface area contributed by atoms with Crippen LogP contribution in [0.3, 0.4) is 0 Å². The minimum absolute atomic E-state index is 0.0208. The van der Waals surface area contributed by atoms with Gasteiger partial charge in [-0.05, 0) is 12.1 Å². The van der Waals surface area contributed by atoms with Gasteiger partial charge in [-0.15, -0.1) is 0 Å². The second-order valence-corrected chi connectivity index (χ2v) is 7.92. The van der Waals surface area contributed by atoms with Gasteiger partial charge in [-0.1, -0.05) is 30.0 Å². The van der Waals surface area contributed by atoms with E-state index in [1.807, 2.05) is 0 Å². The number of nitrogens with one attached hydrogen (secondary N) is 1. The fourth-order valence-electron chi connectivity index (χ4n) is 3.37. The first-order valence-corrected chi connectivity index (χ1v) is 11.4. The minimum Gasteiger partial charge on any atom is -0.466 e. The molecule has 1 aromatic carbocycles. The Kier molecular flexibility index (Phi) is 9.72. The van der Waals surface area contributed by atoms with Crippen molar-refractivity contribution in [2.45, 2.75) is 31.3 Å². The summed E-state index contributed by atoms with van der Waals surface area (Å²) in [7, 11) is 1.14. The van der Waals surface area contributed by atoms with Gasteiger partial charge < -0.3 is 24.5 Å². The molecular weight excluding hydrogens is 502 g/mol. The molecule has 2 aromatic rings. The number of aliphatic hydroxyl groups is 2. The lowest BCUT2D eigenvalue weighted by molar-refractivity contribution is -0.161. The largest absolute Gasteiger partial charge is 0.466 e.